The van der Waals surface area contributed by atoms with Gasteiger partial charge in [-0.15, -0.1) is 11.8 Å². The zero-order chi connectivity index (χ0) is 17.4. The van der Waals surface area contributed by atoms with Gasteiger partial charge in [-0.25, -0.2) is 0 Å². The number of carbonyl (C=O) groups is 2. The fraction of sp³-hybridized carbons (Fsp3) is 0.222. The van der Waals surface area contributed by atoms with Crippen LogP contribution in [0.3, 0.4) is 0 Å². The van der Waals surface area contributed by atoms with Crippen LogP contribution in [0.4, 0.5) is 5.69 Å². The van der Waals surface area contributed by atoms with Crippen molar-refractivity contribution in [2.24, 2.45) is 0 Å². The highest BCUT2D eigenvalue weighted by atomic mass is 79.9. The fourth-order valence-corrected chi connectivity index (χ4v) is 2.93. The molecule has 1 N–H and O–H groups in total. The molecule has 0 saturated carbocycles. The minimum Gasteiger partial charge on any atom is -0.493 e. The average Bonchev–Trinajstić information content (AvgIpc) is 2.55. The van der Waals surface area contributed by atoms with Crippen LogP contribution in [0.2, 0.25) is 0 Å². The smallest absolute Gasteiger partial charge is 0.234 e. The van der Waals surface area contributed by atoms with Gasteiger partial charge in [0.05, 0.1) is 12.4 Å². The van der Waals surface area contributed by atoms with Gasteiger partial charge in [0.15, 0.2) is 5.78 Å². The van der Waals surface area contributed by atoms with E-state index in [0.29, 0.717) is 29.4 Å². The number of anilines is 1. The molecule has 0 spiro atoms. The maximum atomic E-state index is 11.9. The van der Waals surface area contributed by atoms with Crippen LogP contribution in [0.1, 0.15) is 17.3 Å². The molecule has 0 radical (unpaired) electrons. The molecule has 0 aliphatic heterocycles. The summed E-state index contributed by atoms with van der Waals surface area (Å²) in [7, 11) is 0. The molecule has 0 aliphatic carbocycles. The van der Waals surface area contributed by atoms with Gasteiger partial charge in [-0.3, -0.25) is 9.59 Å². The zero-order valence-electron chi connectivity index (χ0n) is 13.3. The lowest BCUT2D eigenvalue weighted by molar-refractivity contribution is -0.113. The quantitative estimate of drug-likeness (QED) is 0.520. The van der Waals surface area contributed by atoms with Gasteiger partial charge in [0, 0.05) is 21.5 Å². The Morgan fingerprint density at radius 2 is 1.96 bits per heavy atom. The lowest BCUT2D eigenvalue weighted by Gasteiger charge is -2.08. The van der Waals surface area contributed by atoms with Crippen LogP contribution in [0, 0.1) is 0 Å². The highest BCUT2D eigenvalue weighted by Gasteiger charge is 2.05. The Morgan fingerprint density at radius 1 is 1.17 bits per heavy atom. The standard InChI is InChI=1S/C18H18BrNO3S/c1-13(21)14-4-2-6-16(10-14)20-18(22)12-24-9-8-23-17-7-3-5-15(19)11-17/h2-7,10-11H,8-9,12H2,1H3,(H,20,22). The van der Waals surface area contributed by atoms with E-state index in [4.69, 9.17) is 4.74 Å². The van der Waals surface area contributed by atoms with Crippen molar-refractivity contribution in [1.29, 1.82) is 0 Å². The summed E-state index contributed by atoms with van der Waals surface area (Å²) in [5.41, 5.74) is 1.22. The molecule has 4 nitrogen and oxygen atoms in total. The number of hydrogen-bond donors (Lipinski definition) is 1. The van der Waals surface area contributed by atoms with E-state index in [0.717, 1.165) is 10.2 Å². The number of hydrogen-bond acceptors (Lipinski definition) is 4. The molecule has 2 aromatic carbocycles. The molecular formula is C18H18BrNO3S. The summed E-state index contributed by atoms with van der Waals surface area (Å²) in [5.74, 6) is 1.74. The Bertz CT molecular complexity index is 721. The number of rotatable bonds is 8. The van der Waals surface area contributed by atoms with Gasteiger partial charge >= 0.3 is 0 Å². The van der Waals surface area contributed by atoms with Crippen molar-refractivity contribution in [1.82, 2.24) is 0 Å². The highest BCUT2D eigenvalue weighted by Crippen LogP contribution is 2.18. The number of benzene rings is 2. The number of ketones is 1. The number of carbonyl (C=O) groups excluding carboxylic acids is 2. The van der Waals surface area contributed by atoms with Gasteiger partial charge in [-0.2, -0.15) is 0 Å². The minimum atomic E-state index is -0.0943. The first-order chi connectivity index (χ1) is 11.5. The molecule has 126 valence electrons. The average molecular weight is 408 g/mol. The molecule has 2 aromatic rings. The van der Waals surface area contributed by atoms with E-state index < -0.39 is 0 Å². The lowest BCUT2D eigenvalue weighted by atomic mass is 10.1. The normalized spacial score (nSPS) is 10.2. The number of thioether (sulfide) groups is 1. The van der Waals surface area contributed by atoms with E-state index in [1.54, 1.807) is 24.3 Å². The molecule has 0 unspecified atom stereocenters. The molecule has 0 aliphatic rings. The number of Topliss-reactive ketones (excluding diaryl/α,β-unsaturated/α-hetero) is 1. The van der Waals surface area contributed by atoms with Crippen LogP contribution in [-0.2, 0) is 4.79 Å². The lowest BCUT2D eigenvalue weighted by Crippen LogP contribution is -2.15. The van der Waals surface area contributed by atoms with E-state index in [1.807, 2.05) is 24.3 Å². The van der Waals surface area contributed by atoms with Crippen molar-refractivity contribution in [3.63, 3.8) is 0 Å². The summed E-state index contributed by atoms with van der Waals surface area (Å²) in [6.45, 7) is 2.04. The van der Waals surface area contributed by atoms with Gasteiger partial charge < -0.3 is 10.1 Å². The van der Waals surface area contributed by atoms with E-state index in [-0.39, 0.29) is 11.7 Å². The van der Waals surface area contributed by atoms with Crippen LogP contribution in [-0.4, -0.2) is 29.8 Å². The van der Waals surface area contributed by atoms with Gasteiger partial charge in [-0.05, 0) is 37.3 Å². The Kier molecular flexibility index (Phi) is 7.34. The van der Waals surface area contributed by atoms with Crippen molar-refractivity contribution >= 4 is 45.1 Å². The largest absolute Gasteiger partial charge is 0.493 e. The second-order valence-electron chi connectivity index (χ2n) is 5.04. The van der Waals surface area contributed by atoms with Gasteiger partial charge in [0.2, 0.25) is 5.91 Å². The SMILES string of the molecule is CC(=O)c1cccc(NC(=O)CSCCOc2cccc(Br)c2)c1. The monoisotopic (exact) mass is 407 g/mol. The molecule has 2 rings (SSSR count). The Hall–Kier alpha value is -1.79. The molecule has 1 amide bonds. The predicted molar refractivity (Wildman–Crippen MR) is 102 cm³/mol. The van der Waals surface area contributed by atoms with E-state index in [2.05, 4.69) is 21.2 Å². The van der Waals surface area contributed by atoms with Crippen LogP contribution >= 0.6 is 27.7 Å². The summed E-state index contributed by atoms with van der Waals surface area (Å²) >= 11 is 4.89. The van der Waals surface area contributed by atoms with Crippen LogP contribution < -0.4 is 10.1 Å². The van der Waals surface area contributed by atoms with Crippen molar-refractivity contribution in [3.05, 3.63) is 58.6 Å². The number of amides is 1. The molecule has 0 saturated heterocycles. The first kappa shape index (κ1) is 18.5. The first-order valence-electron chi connectivity index (χ1n) is 7.41. The summed E-state index contributed by atoms with van der Waals surface area (Å²) in [5, 5.41) is 2.79. The second kappa shape index (κ2) is 9.49. The Labute approximate surface area is 154 Å². The third-order valence-corrected chi connectivity index (χ3v) is 4.49. The molecule has 0 fully saturated rings. The third kappa shape index (κ3) is 6.37. The third-order valence-electron chi connectivity index (χ3n) is 3.08. The summed E-state index contributed by atoms with van der Waals surface area (Å²) in [6.07, 6.45) is 0. The molecular weight excluding hydrogens is 390 g/mol. The number of halogens is 1. The molecule has 24 heavy (non-hydrogen) atoms. The highest BCUT2D eigenvalue weighted by molar-refractivity contribution is 9.10. The number of nitrogens with one attached hydrogen (secondary N) is 1. The van der Waals surface area contributed by atoms with Crippen LogP contribution in [0.15, 0.2) is 53.0 Å². The first-order valence-corrected chi connectivity index (χ1v) is 9.36. The van der Waals surface area contributed by atoms with E-state index >= 15 is 0 Å². The van der Waals surface area contributed by atoms with Crippen molar-refractivity contribution in [2.45, 2.75) is 6.92 Å². The van der Waals surface area contributed by atoms with Crippen LogP contribution in [0.5, 0.6) is 5.75 Å². The van der Waals surface area contributed by atoms with E-state index in [1.165, 1.54) is 18.7 Å². The molecule has 0 bridgehead atoms. The van der Waals surface area contributed by atoms with Gasteiger partial charge in [0.1, 0.15) is 5.75 Å². The van der Waals surface area contributed by atoms with Gasteiger partial charge in [0.25, 0.3) is 0 Å². The predicted octanol–water partition coefficient (Wildman–Crippen LogP) is 4.40. The minimum absolute atomic E-state index is 0.0230. The Morgan fingerprint density at radius 3 is 2.71 bits per heavy atom. The maximum absolute atomic E-state index is 11.9. The fourth-order valence-electron chi connectivity index (χ4n) is 1.95. The summed E-state index contributed by atoms with van der Waals surface area (Å²) in [4.78, 5) is 23.2. The molecule has 0 heterocycles. The zero-order valence-corrected chi connectivity index (χ0v) is 15.7. The van der Waals surface area contributed by atoms with Crippen molar-refractivity contribution < 1.29 is 14.3 Å². The topological polar surface area (TPSA) is 55.4 Å². The van der Waals surface area contributed by atoms with Crippen molar-refractivity contribution in [2.75, 3.05) is 23.4 Å². The number of ether oxygens (including phenoxy) is 1. The Balaban J connectivity index is 1.68. The molecule has 6 heteroatoms. The van der Waals surface area contributed by atoms with E-state index in [9.17, 15) is 9.59 Å². The van der Waals surface area contributed by atoms with Gasteiger partial charge in [-0.1, -0.05) is 34.1 Å². The van der Waals surface area contributed by atoms with Crippen LogP contribution in [0.25, 0.3) is 0 Å². The maximum Gasteiger partial charge on any atom is 0.234 e. The van der Waals surface area contributed by atoms with Crippen molar-refractivity contribution in [3.8, 4) is 5.75 Å². The molecule has 0 atom stereocenters. The molecule has 0 aromatic heterocycles. The summed E-state index contributed by atoms with van der Waals surface area (Å²) < 4.78 is 6.58. The summed E-state index contributed by atoms with van der Waals surface area (Å²) in [6, 6.07) is 14.6. The second-order valence-corrected chi connectivity index (χ2v) is 7.06.